The quantitative estimate of drug-likeness (QED) is 0.682. The van der Waals surface area contributed by atoms with Gasteiger partial charge in [-0.05, 0) is 41.8 Å². The summed E-state index contributed by atoms with van der Waals surface area (Å²) in [5.41, 5.74) is 0. The molecule has 1 unspecified atom stereocenters. The van der Waals surface area contributed by atoms with Gasteiger partial charge in [0, 0.05) is 12.1 Å². The molecule has 3 amide bonds. The van der Waals surface area contributed by atoms with Gasteiger partial charge in [0.1, 0.15) is 6.54 Å². The third-order valence-electron chi connectivity index (χ3n) is 3.54. The molecular formula is C14H25N3O3. The molecule has 0 spiro atoms. The standard InChI is InChI=1S/C14H25N3O3/c1-9(2)17(10(3)4)13(19)8-16-12(18)7-11(14(16)20)15(5)6/h9-11H,7-8H2,1-6H3. The lowest BCUT2D eigenvalue weighted by Gasteiger charge is -2.32. The number of carbonyl (C=O) groups excluding carboxylic acids is 3. The highest BCUT2D eigenvalue weighted by molar-refractivity contribution is 6.07. The summed E-state index contributed by atoms with van der Waals surface area (Å²) in [6, 6.07) is -0.359. The minimum atomic E-state index is -0.443. The Morgan fingerprint density at radius 2 is 1.70 bits per heavy atom. The van der Waals surface area contributed by atoms with Gasteiger partial charge in [0.2, 0.25) is 17.7 Å². The molecule has 6 heteroatoms. The zero-order valence-electron chi connectivity index (χ0n) is 13.2. The first-order valence-corrected chi connectivity index (χ1v) is 6.98. The molecule has 0 saturated carbocycles. The van der Waals surface area contributed by atoms with E-state index in [9.17, 15) is 14.4 Å². The van der Waals surface area contributed by atoms with Gasteiger partial charge in [0.05, 0.1) is 12.5 Å². The van der Waals surface area contributed by atoms with Crippen molar-refractivity contribution in [2.75, 3.05) is 20.6 Å². The van der Waals surface area contributed by atoms with Crippen molar-refractivity contribution in [2.24, 2.45) is 0 Å². The van der Waals surface area contributed by atoms with E-state index in [1.165, 1.54) is 0 Å². The summed E-state index contributed by atoms with van der Waals surface area (Å²) in [6.07, 6.45) is 0.155. The van der Waals surface area contributed by atoms with E-state index in [2.05, 4.69) is 0 Å². The first kappa shape index (κ1) is 16.6. The molecule has 0 aromatic heterocycles. The van der Waals surface area contributed by atoms with E-state index in [1.807, 2.05) is 27.7 Å². The molecule has 1 saturated heterocycles. The lowest BCUT2D eigenvalue weighted by atomic mass is 10.2. The summed E-state index contributed by atoms with van der Waals surface area (Å²) in [4.78, 5) is 40.9. The van der Waals surface area contributed by atoms with Crippen molar-refractivity contribution in [2.45, 2.75) is 52.2 Å². The molecule has 1 aliphatic rings. The van der Waals surface area contributed by atoms with Gasteiger partial charge in [-0.3, -0.25) is 24.2 Å². The summed E-state index contributed by atoms with van der Waals surface area (Å²) in [7, 11) is 3.52. The molecule has 1 fully saturated rings. The summed E-state index contributed by atoms with van der Waals surface area (Å²) < 4.78 is 0. The second-order valence-electron chi connectivity index (χ2n) is 5.99. The fourth-order valence-corrected chi connectivity index (χ4v) is 2.62. The maximum atomic E-state index is 12.3. The number of rotatable bonds is 5. The molecule has 1 atom stereocenters. The van der Waals surface area contributed by atoms with E-state index in [0.717, 1.165) is 4.90 Å². The van der Waals surface area contributed by atoms with Gasteiger partial charge in [0.25, 0.3) is 0 Å². The number of hydrogen-bond acceptors (Lipinski definition) is 4. The van der Waals surface area contributed by atoms with Crippen molar-refractivity contribution in [1.29, 1.82) is 0 Å². The minimum Gasteiger partial charge on any atom is -0.336 e. The maximum absolute atomic E-state index is 12.3. The topological polar surface area (TPSA) is 60.9 Å². The van der Waals surface area contributed by atoms with Gasteiger partial charge in [0.15, 0.2) is 0 Å². The van der Waals surface area contributed by atoms with Crippen molar-refractivity contribution < 1.29 is 14.4 Å². The van der Waals surface area contributed by atoms with Gasteiger partial charge < -0.3 is 4.90 Å². The first-order valence-electron chi connectivity index (χ1n) is 6.98. The maximum Gasteiger partial charge on any atom is 0.247 e. The molecule has 0 aromatic carbocycles. The number of nitrogens with zero attached hydrogens (tertiary/aromatic N) is 3. The van der Waals surface area contributed by atoms with Crippen molar-refractivity contribution in [3.63, 3.8) is 0 Å². The average molecular weight is 283 g/mol. The van der Waals surface area contributed by atoms with Crippen molar-refractivity contribution in [3.8, 4) is 0 Å². The van der Waals surface area contributed by atoms with Crippen LogP contribution in [0.4, 0.5) is 0 Å². The normalized spacial score (nSPS) is 19.6. The van der Waals surface area contributed by atoms with Crippen LogP contribution >= 0.6 is 0 Å². The number of imide groups is 1. The third kappa shape index (κ3) is 3.36. The van der Waals surface area contributed by atoms with Crippen LogP contribution in [0.2, 0.25) is 0 Å². The Labute approximate surface area is 120 Å². The molecule has 0 radical (unpaired) electrons. The lowest BCUT2D eigenvalue weighted by molar-refractivity contribution is -0.147. The highest BCUT2D eigenvalue weighted by Crippen LogP contribution is 2.17. The molecule has 0 aliphatic carbocycles. The number of carbonyl (C=O) groups is 3. The van der Waals surface area contributed by atoms with Crippen molar-refractivity contribution in [3.05, 3.63) is 0 Å². The summed E-state index contributed by atoms with van der Waals surface area (Å²) in [5, 5.41) is 0. The second kappa shape index (κ2) is 6.35. The van der Waals surface area contributed by atoms with Gasteiger partial charge in [-0.1, -0.05) is 0 Å². The Morgan fingerprint density at radius 1 is 1.20 bits per heavy atom. The minimum absolute atomic E-state index is 0.0416. The van der Waals surface area contributed by atoms with E-state index in [4.69, 9.17) is 0 Å². The molecule has 1 heterocycles. The predicted molar refractivity (Wildman–Crippen MR) is 75.9 cm³/mol. The summed E-state index contributed by atoms with van der Waals surface area (Å²) in [6.45, 7) is 7.54. The molecule has 0 aromatic rings. The number of hydrogen-bond donors (Lipinski definition) is 0. The van der Waals surface area contributed by atoms with Crippen molar-refractivity contribution in [1.82, 2.24) is 14.7 Å². The van der Waals surface area contributed by atoms with Crippen LogP contribution in [0.1, 0.15) is 34.1 Å². The molecule has 0 N–H and O–H groups in total. The summed E-state index contributed by atoms with van der Waals surface area (Å²) >= 11 is 0. The number of likely N-dealkylation sites (N-methyl/N-ethyl adjacent to an activating group) is 1. The Bertz CT molecular complexity index is 396. The summed E-state index contributed by atoms with van der Waals surface area (Å²) in [5.74, 6) is -0.730. The second-order valence-corrected chi connectivity index (χ2v) is 5.99. The molecule has 6 nitrogen and oxygen atoms in total. The average Bonchev–Trinajstić information content (AvgIpc) is 2.56. The smallest absolute Gasteiger partial charge is 0.247 e. The molecule has 114 valence electrons. The zero-order valence-corrected chi connectivity index (χ0v) is 13.2. The van der Waals surface area contributed by atoms with Crippen LogP contribution in [0.15, 0.2) is 0 Å². The molecular weight excluding hydrogens is 258 g/mol. The van der Waals surface area contributed by atoms with Crippen LogP contribution in [0, 0.1) is 0 Å². The Kier molecular flexibility index (Phi) is 5.28. The monoisotopic (exact) mass is 283 g/mol. The fourth-order valence-electron chi connectivity index (χ4n) is 2.62. The lowest BCUT2D eigenvalue weighted by Crippen LogP contribution is -2.49. The van der Waals surface area contributed by atoms with Gasteiger partial charge >= 0.3 is 0 Å². The molecule has 20 heavy (non-hydrogen) atoms. The largest absolute Gasteiger partial charge is 0.336 e. The van der Waals surface area contributed by atoms with Crippen molar-refractivity contribution >= 4 is 17.7 Å². The van der Waals surface area contributed by atoms with Crippen LogP contribution in [0.3, 0.4) is 0 Å². The molecule has 1 aliphatic heterocycles. The zero-order chi connectivity index (χ0) is 15.6. The third-order valence-corrected chi connectivity index (χ3v) is 3.54. The SMILES string of the molecule is CC(C)N(C(=O)CN1C(=O)CC(N(C)C)C1=O)C(C)C. The molecule has 1 rings (SSSR count). The van der Waals surface area contributed by atoms with Gasteiger partial charge in [-0.2, -0.15) is 0 Å². The molecule has 0 bridgehead atoms. The van der Waals surface area contributed by atoms with E-state index < -0.39 is 6.04 Å². The van der Waals surface area contributed by atoms with Crippen LogP contribution in [-0.2, 0) is 14.4 Å². The van der Waals surface area contributed by atoms with Crippen LogP contribution in [-0.4, -0.2) is 71.2 Å². The Hall–Kier alpha value is -1.43. The van der Waals surface area contributed by atoms with E-state index in [-0.39, 0.29) is 42.8 Å². The number of amides is 3. The van der Waals surface area contributed by atoms with Crippen LogP contribution in [0.5, 0.6) is 0 Å². The van der Waals surface area contributed by atoms with Gasteiger partial charge in [-0.15, -0.1) is 0 Å². The van der Waals surface area contributed by atoms with Crippen LogP contribution < -0.4 is 0 Å². The Morgan fingerprint density at radius 3 is 2.05 bits per heavy atom. The van der Waals surface area contributed by atoms with Gasteiger partial charge in [-0.25, -0.2) is 0 Å². The van der Waals surface area contributed by atoms with E-state index >= 15 is 0 Å². The Balaban J connectivity index is 2.80. The highest BCUT2D eigenvalue weighted by Gasteiger charge is 2.41. The first-order chi connectivity index (χ1) is 9.16. The number of likely N-dealkylation sites (tertiary alicyclic amines) is 1. The van der Waals surface area contributed by atoms with E-state index in [1.54, 1.807) is 23.9 Å². The predicted octanol–water partition coefficient (Wildman–Crippen LogP) is 0.321. The highest BCUT2D eigenvalue weighted by atomic mass is 16.2. The van der Waals surface area contributed by atoms with E-state index in [0.29, 0.717) is 0 Å². The fraction of sp³-hybridized carbons (Fsp3) is 0.786. The van der Waals surface area contributed by atoms with Crippen LogP contribution in [0.25, 0.3) is 0 Å².